The van der Waals surface area contributed by atoms with Gasteiger partial charge in [-0.15, -0.1) is 0 Å². The maximum Gasteiger partial charge on any atom is 0.252 e. The molecule has 3 aromatic rings. The normalized spacial score (nSPS) is 17.0. The van der Waals surface area contributed by atoms with Crippen LogP contribution in [0.3, 0.4) is 0 Å². The minimum Gasteiger partial charge on any atom is -0.352 e. The lowest BCUT2D eigenvalue weighted by molar-refractivity contribution is 0.0948. The Hall–Kier alpha value is -2.44. The number of nitrogens with zero attached hydrogens (tertiary/aromatic N) is 4. The molecule has 1 atom stereocenters. The Morgan fingerprint density at radius 2 is 2.06 bits per heavy atom. The summed E-state index contributed by atoms with van der Waals surface area (Å²) < 4.78 is 1.73. The molecule has 7 heteroatoms. The predicted molar refractivity (Wildman–Crippen MR) is 125 cm³/mol. The summed E-state index contributed by atoms with van der Waals surface area (Å²) >= 11 is 6.40. The number of hydrogen-bond donors (Lipinski definition) is 1. The predicted octanol–water partition coefficient (Wildman–Crippen LogP) is 4.40. The highest BCUT2D eigenvalue weighted by Gasteiger charge is 2.25. The van der Waals surface area contributed by atoms with Crippen LogP contribution in [-0.2, 0) is 0 Å². The zero-order valence-corrected chi connectivity index (χ0v) is 19.4. The number of fused-ring (bicyclic) bond motifs is 1. The van der Waals surface area contributed by atoms with Crippen LogP contribution in [-0.4, -0.2) is 51.8 Å². The van der Waals surface area contributed by atoms with E-state index in [1.54, 1.807) is 4.68 Å². The second kappa shape index (κ2) is 8.97. The van der Waals surface area contributed by atoms with E-state index in [4.69, 9.17) is 11.6 Å². The van der Waals surface area contributed by atoms with Crippen molar-refractivity contribution in [3.05, 3.63) is 52.3 Å². The molecule has 164 valence electrons. The lowest BCUT2D eigenvalue weighted by Crippen LogP contribution is -2.32. The van der Waals surface area contributed by atoms with Gasteiger partial charge in [0.05, 0.1) is 27.4 Å². The van der Waals surface area contributed by atoms with E-state index in [1.165, 1.54) is 0 Å². The number of likely N-dealkylation sites (tertiary alicyclic amines) is 1. The van der Waals surface area contributed by atoms with Crippen LogP contribution in [0.2, 0.25) is 5.02 Å². The number of hydrogen-bond acceptors (Lipinski definition) is 4. The van der Waals surface area contributed by atoms with Crippen LogP contribution in [0.1, 0.15) is 42.0 Å². The van der Waals surface area contributed by atoms with Crippen molar-refractivity contribution in [3.63, 3.8) is 0 Å². The monoisotopic (exact) mass is 439 g/mol. The molecule has 1 aliphatic heterocycles. The van der Waals surface area contributed by atoms with Crippen molar-refractivity contribution < 1.29 is 4.79 Å². The Labute approximate surface area is 188 Å². The van der Waals surface area contributed by atoms with Crippen molar-refractivity contribution in [3.8, 4) is 5.69 Å². The molecule has 3 heterocycles. The fourth-order valence-electron chi connectivity index (χ4n) is 4.48. The molecule has 1 fully saturated rings. The smallest absolute Gasteiger partial charge is 0.252 e. The fraction of sp³-hybridized carbons (Fsp3) is 0.458. The first kappa shape index (κ1) is 21.8. The van der Waals surface area contributed by atoms with Gasteiger partial charge < -0.3 is 10.2 Å². The Bertz CT molecular complexity index is 1110. The lowest BCUT2D eigenvalue weighted by Gasteiger charge is -2.18. The van der Waals surface area contributed by atoms with Gasteiger partial charge in [0, 0.05) is 25.3 Å². The van der Waals surface area contributed by atoms with Crippen molar-refractivity contribution in [2.75, 3.05) is 26.2 Å². The number of halogens is 1. The van der Waals surface area contributed by atoms with Crippen LogP contribution in [0, 0.1) is 25.7 Å². The van der Waals surface area contributed by atoms with Gasteiger partial charge in [0.25, 0.3) is 5.91 Å². The summed E-state index contributed by atoms with van der Waals surface area (Å²) in [5, 5.41) is 9.19. The van der Waals surface area contributed by atoms with E-state index in [0.29, 0.717) is 34.6 Å². The number of aromatic nitrogens is 3. The molecule has 6 nitrogen and oxygen atoms in total. The SMILES string of the molecule is Cc1cc(C(=O)NC[C@H]2CCN(CC(C)C)C2)c2c(C)nn(-c3ccccc3Cl)c2n1. The zero-order chi connectivity index (χ0) is 22.1. The third-order valence-corrected chi connectivity index (χ3v) is 6.13. The first-order valence-electron chi connectivity index (χ1n) is 11.0. The van der Waals surface area contributed by atoms with Crippen LogP contribution in [0.5, 0.6) is 0 Å². The minimum atomic E-state index is -0.0698. The molecule has 4 rings (SSSR count). The largest absolute Gasteiger partial charge is 0.352 e. The van der Waals surface area contributed by atoms with Gasteiger partial charge in [-0.2, -0.15) is 5.10 Å². The number of benzene rings is 1. The van der Waals surface area contributed by atoms with Gasteiger partial charge in [-0.05, 0) is 56.8 Å². The summed E-state index contributed by atoms with van der Waals surface area (Å²) in [6.45, 7) is 12.3. The molecule has 2 aromatic heterocycles. The third-order valence-electron chi connectivity index (χ3n) is 5.81. The first-order chi connectivity index (χ1) is 14.8. The van der Waals surface area contributed by atoms with Gasteiger partial charge in [-0.1, -0.05) is 37.6 Å². The highest BCUT2D eigenvalue weighted by atomic mass is 35.5. The summed E-state index contributed by atoms with van der Waals surface area (Å²) in [6, 6.07) is 9.38. The van der Waals surface area contributed by atoms with Crippen LogP contribution in [0.4, 0.5) is 0 Å². The number of amides is 1. The third kappa shape index (κ3) is 4.60. The Morgan fingerprint density at radius 1 is 1.29 bits per heavy atom. The number of carbonyl (C=O) groups excluding carboxylic acids is 1. The molecule has 31 heavy (non-hydrogen) atoms. The van der Waals surface area contributed by atoms with E-state index in [0.717, 1.165) is 48.5 Å². The maximum absolute atomic E-state index is 13.2. The molecule has 1 saturated heterocycles. The van der Waals surface area contributed by atoms with E-state index >= 15 is 0 Å². The summed E-state index contributed by atoms with van der Waals surface area (Å²) in [6.07, 6.45) is 1.13. The van der Waals surface area contributed by atoms with Crippen molar-refractivity contribution in [2.24, 2.45) is 11.8 Å². The van der Waals surface area contributed by atoms with Crippen molar-refractivity contribution >= 4 is 28.5 Å². The molecular weight excluding hydrogens is 410 g/mol. The van der Waals surface area contributed by atoms with Crippen LogP contribution in [0.25, 0.3) is 16.7 Å². The quantitative estimate of drug-likeness (QED) is 0.618. The minimum absolute atomic E-state index is 0.0698. The first-order valence-corrected chi connectivity index (χ1v) is 11.3. The van der Waals surface area contributed by atoms with Crippen molar-refractivity contribution in [1.29, 1.82) is 0 Å². The summed E-state index contributed by atoms with van der Waals surface area (Å²) in [7, 11) is 0. The highest BCUT2D eigenvalue weighted by molar-refractivity contribution is 6.32. The molecule has 0 bridgehead atoms. The average molecular weight is 440 g/mol. The van der Waals surface area contributed by atoms with E-state index in [-0.39, 0.29) is 5.91 Å². The number of aryl methyl sites for hydroxylation is 2. The summed E-state index contributed by atoms with van der Waals surface area (Å²) in [5.41, 5.74) is 3.56. The summed E-state index contributed by atoms with van der Waals surface area (Å²) in [4.78, 5) is 20.4. The zero-order valence-electron chi connectivity index (χ0n) is 18.7. The summed E-state index contributed by atoms with van der Waals surface area (Å²) in [5.74, 6) is 1.09. The number of carbonyl (C=O) groups is 1. The van der Waals surface area contributed by atoms with Gasteiger partial charge >= 0.3 is 0 Å². The van der Waals surface area contributed by atoms with E-state index in [9.17, 15) is 4.79 Å². The molecule has 1 aromatic carbocycles. The van der Waals surface area contributed by atoms with Gasteiger partial charge in [0.2, 0.25) is 0 Å². The molecular formula is C24H30ClN5O. The van der Waals surface area contributed by atoms with Crippen molar-refractivity contribution in [2.45, 2.75) is 34.1 Å². The van der Waals surface area contributed by atoms with Gasteiger partial charge in [-0.25, -0.2) is 9.67 Å². The van der Waals surface area contributed by atoms with Gasteiger partial charge in [0.15, 0.2) is 5.65 Å². The van der Waals surface area contributed by atoms with E-state index < -0.39 is 0 Å². The molecule has 1 amide bonds. The van der Waals surface area contributed by atoms with Crippen LogP contribution < -0.4 is 5.32 Å². The van der Waals surface area contributed by atoms with Crippen LogP contribution >= 0.6 is 11.6 Å². The Morgan fingerprint density at radius 3 is 2.81 bits per heavy atom. The molecule has 0 unspecified atom stereocenters. The fourth-order valence-corrected chi connectivity index (χ4v) is 4.69. The molecule has 1 aliphatic rings. The number of pyridine rings is 1. The Balaban J connectivity index is 1.58. The number of rotatable bonds is 6. The molecule has 0 saturated carbocycles. The lowest BCUT2D eigenvalue weighted by atomic mass is 10.1. The average Bonchev–Trinajstić information content (AvgIpc) is 3.29. The standard InChI is InChI=1S/C24H30ClN5O/c1-15(2)13-29-10-9-18(14-29)12-26-24(31)19-11-16(3)27-23-22(19)17(4)28-30(23)21-8-6-5-7-20(21)25/h5-8,11,15,18H,9-10,12-14H2,1-4H3,(H,26,31)/t18-/m1/s1. The van der Waals surface area contributed by atoms with Crippen LogP contribution in [0.15, 0.2) is 30.3 Å². The number of para-hydroxylation sites is 1. The molecule has 0 aliphatic carbocycles. The number of nitrogens with one attached hydrogen (secondary N) is 1. The molecule has 1 N–H and O–H groups in total. The highest BCUT2D eigenvalue weighted by Crippen LogP contribution is 2.28. The maximum atomic E-state index is 13.2. The topological polar surface area (TPSA) is 63.1 Å². The van der Waals surface area contributed by atoms with E-state index in [2.05, 4.69) is 34.1 Å². The molecule has 0 radical (unpaired) electrons. The Kier molecular flexibility index (Phi) is 6.30. The van der Waals surface area contributed by atoms with Gasteiger partial charge in [-0.3, -0.25) is 4.79 Å². The second-order valence-electron chi connectivity index (χ2n) is 8.98. The second-order valence-corrected chi connectivity index (χ2v) is 9.38. The van der Waals surface area contributed by atoms with Crippen molar-refractivity contribution in [1.82, 2.24) is 25.0 Å². The van der Waals surface area contributed by atoms with E-state index in [1.807, 2.05) is 44.2 Å². The van der Waals surface area contributed by atoms with Gasteiger partial charge in [0.1, 0.15) is 0 Å². The molecule has 0 spiro atoms.